The number of hydrogen-bond donors (Lipinski definition) is 0. The van der Waals surface area contributed by atoms with Crippen LogP contribution < -0.4 is 0 Å². The first-order chi connectivity index (χ1) is 12.7. The van der Waals surface area contributed by atoms with E-state index in [1.54, 1.807) is 4.68 Å². The van der Waals surface area contributed by atoms with Crippen molar-refractivity contribution < 1.29 is 4.52 Å². The highest BCUT2D eigenvalue weighted by Gasteiger charge is 2.14. The van der Waals surface area contributed by atoms with Gasteiger partial charge < -0.3 is 4.52 Å². The lowest BCUT2D eigenvalue weighted by Gasteiger charge is -2.09. The molecule has 6 nitrogen and oxygen atoms in total. The molecule has 0 radical (unpaired) electrons. The summed E-state index contributed by atoms with van der Waals surface area (Å²) in [5.41, 5.74) is 5.22. The minimum Gasteiger partial charge on any atom is -0.356 e. The van der Waals surface area contributed by atoms with E-state index in [9.17, 15) is 0 Å². The molecular formula is C19H17N5OS. The van der Waals surface area contributed by atoms with Gasteiger partial charge in [-0.05, 0) is 41.5 Å². The first-order valence-electron chi connectivity index (χ1n) is 8.21. The molecule has 0 saturated heterocycles. The highest BCUT2D eigenvalue weighted by Crippen LogP contribution is 2.26. The Hall–Kier alpha value is -2.93. The van der Waals surface area contributed by atoms with E-state index in [1.165, 1.54) is 17.3 Å². The van der Waals surface area contributed by atoms with Crippen molar-refractivity contribution in [3.63, 3.8) is 0 Å². The molecule has 0 fully saturated rings. The molecule has 0 spiro atoms. The van der Waals surface area contributed by atoms with Gasteiger partial charge in [0.1, 0.15) is 0 Å². The zero-order valence-corrected chi connectivity index (χ0v) is 15.3. The number of thioether (sulfide) groups is 1. The molecule has 26 heavy (non-hydrogen) atoms. The van der Waals surface area contributed by atoms with Crippen molar-refractivity contribution in [2.75, 3.05) is 0 Å². The lowest BCUT2D eigenvalue weighted by molar-refractivity contribution is 0.426. The topological polar surface area (TPSA) is 69.6 Å². The number of aromatic nitrogens is 5. The predicted octanol–water partition coefficient (Wildman–Crippen LogP) is 4.23. The van der Waals surface area contributed by atoms with Crippen LogP contribution in [0.3, 0.4) is 0 Å². The first-order valence-corrected chi connectivity index (χ1v) is 9.20. The number of aryl methyl sites for hydroxylation is 1. The molecule has 130 valence electrons. The second-order valence-corrected chi connectivity index (χ2v) is 6.87. The molecule has 0 unspecified atom stereocenters. The Balaban J connectivity index is 1.53. The van der Waals surface area contributed by atoms with Crippen LogP contribution in [0.15, 0.2) is 64.3 Å². The molecule has 7 heteroatoms. The van der Waals surface area contributed by atoms with E-state index >= 15 is 0 Å². The van der Waals surface area contributed by atoms with Crippen molar-refractivity contribution in [3.8, 4) is 17.0 Å². The third kappa shape index (κ3) is 3.25. The molecular weight excluding hydrogens is 346 g/mol. The van der Waals surface area contributed by atoms with Crippen LogP contribution in [-0.2, 0) is 5.75 Å². The number of nitrogens with zero attached hydrogens (tertiary/aromatic N) is 5. The van der Waals surface area contributed by atoms with E-state index in [2.05, 4.69) is 40.6 Å². The minimum atomic E-state index is 0.627. The lowest BCUT2D eigenvalue weighted by Crippen LogP contribution is -2.02. The van der Waals surface area contributed by atoms with Gasteiger partial charge in [0, 0.05) is 17.4 Å². The van der Waals surface area contributed by atoms with Crippen LogP contribution >= 0.6 is 11.8 Å². The average Bonchev–Trinajstić information content (AvgIpc) is 3.32. The maximum Gasteiger partial charge on any atom is 0.214 e. The second-order valence-electron chi connectivity index (χ2n) is 5.93. The summed E-state index contributed by atoms with van der Waals surface area (Å²) in [4.78, 5) is 0. The van der Waals surface area contributed by atoms with E-state index in [0.29, 0.717) is 5.75 Å². The second kappa shape index (κ2) is 7.13. The number of rotatable bonds is 5. The van der Waals surface area contributed by atoms with E-state index in [-0.39, 0.29) is 0 Å². The van der Waals surface area contributed by atoms with Crippen LogP contribution in [0.4, 0.5) is 0 Å². The van der Waals surface area contributed by atoms with Crippen molar-refractivity contribution in [1.29, 1.82) is 0 Å². The SMILES string of the molecule is Cc1cccc(-n2nnnc2SCc2cc(-c3ccccc3)on2)c1C. The molecule has 4 rings (SSSR count). The molecule has 4 aromatic rings. The van der Waals surface area contributed by atoms with Crippen molar-refractivity contribution >= 4 is 11.8 Å². The summed E-state index contributed by atoms with van der Waals surface area (Å²) in [7, 11) is 0. The molecule has 0 bridgehead atoms. The molecule has 0 aliphatic rings. The summed E-state index contributed by atoms with van der Waals surface area (Å²) in [6.07, 6.45) is 0. The van der Waals surface area contributed by atoms with Crippen LogP contribution in [-0.4, -0.2) is 25.4 Å². The van der Waals surface area contributed by atoms with Crippen molar-refractivity contribution in [1.82, 2.24) is 25.4 Å². The molecule has 0 aliphatic heterocycles. The Morgan fingerprint density at radius 2 is 1.88 bits per heavy atom. The van der Waals surface area contributed by atoms with Crippen LogP contribution in [0.1, 0.15) is 16.8 Å². The summed E-state index contributed by atoms with van der Waals surface area (Å²) >= 11 is 1.53. The van der Waals surface area contributed by atoms with Crippen LogP contribution in [0.25, 0.3) is 17.0 Å². The molecule has 2 aromatic carbocycles. The minimum absolute atomic E-state index is 0.627. The summed E-state index contributed by atoms with van der Waals surface area (Å²) in [6, 6.07) is 18.0. The van der Waals surface area contributed by atoms with Crippen molar-refractivity contribution in [3.05, 3.63) is 71.4 Å². The Kier molecular flexibility index (Phi) is 4.53. The predicted molar refractivity (Wildman–Crippen MR) is 100 cm³/mol. The third-order valence-corrected chi connectivity index (χ3v) is 5.16. The van der Waals surface area contributed by atoms with Gasteiger partial charge >= 0.3 is 0 Å². The molecule has 0 amide bonds. The van der Waals surface area contributed by atoms with Gasteiger partial charge in [-0.15, -0.1) is 5.10 Å². The van der Waals surface area contributed by atoms with E-state index in [0.717, 1.165) is 33.4 Å². The van der Waals surface area contributed by atoms with Gasteiger partial charge in [-0.25, -0.2) is 0 Å². The summed E-state index contributed by atoms with van der Waals surface area (Å²) < 4.78 is 7.22. The molecule has 0 saturated carbocycles. The molecule has 0 aliphatic carbocycles. The van der Waals surface area contributed by atoms with E-state index < -0.39 is 0 Å². The maximum atomic E-state index is 5.45. The molecule has 0 atom stereocenters. The Morgan fingerprint density at radius 1 is 1.04 bits per heavy atom. The van der Waals surface area contributed by atoms with E-state index in [1.807, 2.05) is 48.5 Å². The summed E-state index contributed by atoms with van der Waals surface area (Å²) in [6.45, 7) is 4.15. The highest BCUT2D eigenvalue weighted by molar-refractivity contribution is 7.98. The fourth-order valence-corrected chi connectivity index (χ4v) is 3.41. The Bertz CT molecular complexity index is 1030. The largest absolute Gasteiger partial charge is 0.356 e. The zero-order valence-electron chi connectivity index (χ0n) is 14.5. The smallest absolute Gasteiger partial charge is 0.214 e. The van der Waals surface area contributed by atoms with Crippen LogP contribution in [0.2, 0.25) is 0 Å². The van der Waals surface area contributed by atoms with Crippen LogP contribution in [0, 0.1) is 13.8 Å². The number of benzene rings is 2. The zero-order chi connectivity index (χ0) is 17.9. The van der Waals surface area contributed by atoms with Gasteiger partial charge in [0.2, 0.25) is 5.16 Å². The van der Waals surface area contributed by atoms with Gasteiger partial charge in [-0.3, -0.25) is 0 Å². The number of hydrogen-bond acceptors (Lipinski definition) is 6. The Morgan fingerprint density at radius 3 is 2.73 bits per heavy atom. The van der Waals surface area contributed by atoms with Crippen molar-refractivity contribution in [2.45, 2.75) is 24.8 Å². The monoisotopic (exact) mass is 363 g/mol. The van der Waals surface area contributed by atoms with Gasteiger partial charge in [-0.2, -0.15) is 4.68 Å². The molecule has 2 aromatic heterocycles. The van der Waals surface area contributed by atoms with Crippen molar-refractivity contribution in [2.24, 2.45) is 0 Å². The third-order valence-electron chi connectivity index (χ3n) is 4.21. The summed E-state index contributed by atoms with van der Waals surface area (Å²) in [5, 5.41) is 17.0. The van der Waals surface area contributed by atoms with Crippen LogP contribution in [0.5, 0.6) is 0 Å². The fraction of sp³-hybridized carbons (Fsp3) is 0.158. The normalized spacial score (nSPS) is 11.0. The molecule has 2 heterocycles. The fourth-order valence-electron chi connectivity index (χ4n) is 2.64. The van der Waals surface area contributed by atoms with Gasteiger partial charge in [-0.1, -0.05) is 59.4 Å². The highest BCUT2D eigenvalue weighted by atomic mass is 32.2. The molecule has 0 N–H and O–H groups in total. The maximum absolute atomic E-state index is 5.45. The standard InChI is InChI=1S/C19H17N5OS/c1-13-7-6-10-17(14(13)2)24-19(20-22-23-24)26-12-16-11-18(25-21-16)15-8-4-3-5-9-15/h3-11H,12H2,1-2H3. The summed E-state index contributed by atoms with van der Waals surface area (Å²) in [5.74, 6) is 1.39. The Labute approximate surface area is 155 Å². The van der Waals surface area contributed by atoms with E-state index in [4.69, 9.17) is 4.52 Å². The first kappa shape index (κ1) is 16.5. The van der Waals surface area contributed by atoms with Gasteiger partial charge in [0.15, 0.2) is 5.76 Å². The quantitative estimate of drug-likeness (QED) is 0.494. The number of tetrazole rings is 1. The average molecular weight is 363 g/mol. The lowest BCUT2D eigenvalue weighted by atomic mass is 10.1. The van der Waals surface area contributed by atoms with Gasteiger partial charge in [0.05, 0.1) is 11.4 Å². The van der Waals surface area contributed by atoms with Gasteiger partial charge in [0.25, 0.3) is 0 Å².